The smallest absolute Gasteiger partial charge is 0.355 e. The van der Waals surface area contributed by atoms with E-state index in [9.17, 15) is 19.2 Å². The minimum atomic E-state index is -0.944. The summed E-state index contributed by atoms with van der Waals surface area (Å²) in [5, 5.41) is 12.6. The van der Waals surface area contributed by atoms with Crippen LogP contribution in [0.5, 0.6) is 0 Å². The lowest BCUT2D eigenvalue weighted by Crippen LogP contribution is -2.28. The number of esters is 1. The van der Waals surface area contributed by atoms with Crippen molar-refractivity contribution in [2.24, 2.45) is 0 Å². The number of carbonyl (C=O) groups is 3. The molecular weight excluding hydrogens is 552 g/mol. The highest BCUT2D eigenvalue weighted by Gasteiger charge is 2.24. The van der Waals surface area contributed by atoms with Gasteiger partial charge in [0.15, 0.2) is 0 Å². The van der Waals surface area contributed by atoms with Crippen LogP contribution in [0.1, 0.15) is 35.3 Å². The van der Waals surface area contributed by atoms with Crippen molar-refractivity contribution in [1.82, 2.24) is 4.57 Å². The van der Waals surface area contributed by atoms with Crippen LogP contribution in [-0.2, 0) is 20.9 Å². The van der Waals surface area contributed by atoms with Crippen molar-refractivity contribution in [3.8, 4) is 11.1 Å². The van der Waals surface area contributed by atoms with Gasteiger partial charge < -0.3 is 15.2 Å². The molecule has 0 spiro atoms. The van der Waals surface area contributed by atoms with Gasteiger partial charge in [0.05, 0.1) is 13.7 Å². The Kier molecular flexibility index (Phi) is 8.38. The van der Waals surface area contributed by atoms with E-state index in [1.165, 1.54) is 11.7 Å². The van der Waals surface area contributed by atoms with E-state index in [4.69, 9.17) is 9.84 Å². The van der Waals surface area contributed by atoms with Gasteiger partial charge in [-0.1, -0.05) is 58.4 Å². The Morgan fingerprint density at radius 1 is 0.947 bits per heavy atom. The zero-order chi connectivity index (χ0) is 27.2. The minimum Gasteiger partial charge on any atom is -0.481 e. The van der Waals surface area contributed by atoms with Crippen molar-refractivity contribution in [3.63, 3.8) is 0 Å². The second kappa shape index (κ2) is 11.9. The Balaban J connectivity index is 1.74. The fraction of sp³-hybridized carbons (Fsp3) is 0.172. The van der Waals surface area contributed by atoms with E-state index in [-0.39, 0.29) is 43.0 Å². The molecule has 0 atom stereocenters. The summed E-state index contributed by atoms with van der Waals surface area (Å²) in [6, 6.07) is 21.6. The Bertz CT molecular complexity index is 1560. The van der Waals surface area contributed by atoms with Crippen molar-refractivity contribution >= 4 is 50.2 Å². The van der Waals surface area contributed by atoms with Gasteiger partial charge in [0, 0.05) is 34.0 Å². The quantitative estimate of drug-likeness (QED) is 0.256. The number of anilines is 1. The first-order valence-electron chi connectivity index (χ1n) is 11.9. The second-order valence-corrected chi connectivity index (χ2v) is 9.57. The molecular formula is C29H25BrN2O6. The zero-order valence-electron chi connectivity index (χ0n) is 20.6. The normalized spacial score (nSPS) is 10.8. The molecule has 1 heterocycles. The number of aromatic nitrogens is 1. The van der Waals surface area contributed by atoms with E-state index in [2.05, 4.69) is 21.2 Å². The molecule has 0 fully saturated rings. The summed E-state index contributed by atoms with van der Waals surface area (Å²) >= 11 is 3.48. The second-order valence-electron chi connectivity index (χ2n) is 8.65. The van der Waals surface area contributed by atoms with Crippen LogP contribution < -0.4 is 10.9 Å². The standard InChI is InChI=1S/C29H25BrN2O6/c1-38-29(37)27-26(19-6-3-2-4-7-19)23-16-20(30)12-15-22(23)28(36)32(27)17-18-10-13-21(14-11-18)31-24(33)8-5-9-25(34)35/h2-4,6-7,10-16H,5,8-9,17H2,1H3,(H,31,33)(H,34,35). The van der Waals surface area contributed by atoms with Gasteiger partial charge in [-0.2, -0.15) is 0 Å². The average Bonchev–Trinajstić information content (AvgIpc) is 2.90. The molecule has 1 aromatic heterocycles. The monoisotopic (exact) mass is 576 g/mol. The number of fused-ring (bicyclic) bond motifs is 1. The molecule has 9 heteroatoms. The number of aliphatic carboxylic acids is 1. The van der Waals surface area contributed by atoms with Crippen LogP contribution >= 0.6 is 15.9 Å². The third kappa shape index (κ3) is 6.00. The molecule has 0 aliphatic rings. The summed E-state index contributed by atoms with van der Waals surface area (Å²) < 4.78 is 7.32. The lowest BCUT2D eigenvalue weighted by molar-refractivity contribution is -0.137. The van der Waals surface area contributed by atoms with Crippen LogP contribution in [0.3, 0.4) is 0 Å². The molecule has 194 valence electrons. The number of carbonyl (C=O) groups excluding carboxylic acids is 2. The van der Waals surface area contributed by atoms with Crippen LogP contribution in [-0.4, -0.2) is 34.6 Å². The van der Waals surface area contributed by atoms with E-state index in [0.717, 1.165) is 15.6 Å². The Morgan fingerprint density at radius 2 is 1.66 bits per heavy atom. The number of ether oxygens (including phenoxy) is 1. The molecule has 0 radical (unpaired) electrons. The highest BCUT2D eigenvalue weighted by molar-refractivity contribution is 9.10. The third-order valence-electron chi connectivity index (χ3n) is 6.05. The van der Waals surface area contributed by atoms with E-state index in [1.54, 1.807) is 36.4 Å². The fourth-order valence-corrected chi connectivity index (χ4v) is 4.64. The number of pyridine rings is 1. The SMILES string of the molecule is COC(=O)c1c(-c2ccccc2)c2cc(Br)ccc2c(=O)n1Cc1ccc(NC(=O)CCCC(=O)O)cc1. The number of halogens is 1. The highest BCUT2D eigenvalue weighted by Crippen LogP contribution is 2.33. The number of nitrogens with zero attached hydrogens (tertiary/aromatic N) is 1. The Morgan fingerprint density at radius 3 is 2.32 bits per heavy atom. The summed E-state index contributed by atoms with van der Waals surface area (Å²) in [5.41, 5.74) is 2.46. The molecule has 4 aromatic rings. The van der Waals surface area contributed by atoms with Crippen LogP contribution in [0.15, 0.2) is 82.1 Å². The molecule has 3 aromatic carbocycles. The number of hydrogen-bond donors (Lipinski definition) is 2. The highest BCUT2D eigenvalue weighted by atomic mass is 79.9. The molecule has 0 aliphatic heterocycles. The van der Waals surface area contributed by atoms with Crippen LogP contribution in [0.4, 0.5) is 5.69 Å². The number of nitrogens with one attached hydrogen (secondary N) is 1. The maximum atomic E-state index is 13.7. The van der Waals surface area contributed by atoms with Crippen LogP contribution in [0.2, 0.25) is 0 Å². The first-order valence-corrected chi connectivity index (χ1v) is 12.7. The Labute approximate surface area is 227 Å². The summed E-state index contributed by atoms with van der Waals surface area (Å²) in [4.78, 5) is 49.5. The first-order chi connectivity index (χ1) is 18.3. The van der Waals surface area contributed by atoms with Crippen LogP contribution in [0.25, 0.3) is 21.9 Å². The first kappa shape index (κ1) is 26.8. The predicted octanol–water partition coefficient (Wildman–Crippen LogP) is 5.46. The summed E-state index contributed by atoms with van der Waals surface area (Å²) in [7, 11) is 1.28. The molecule has 0 unspecified atom stereocenters. The lowest BCUT2D eigenvalue weighted by Gasteiger charge is -2.19. The number of carboxylic acid groups (broad SMARTS) is 1. The third-order valence-corrected chi connectivity index (χ3v) is 6.54. The predicted molar refractivity (Wildman–Crippen MR) is 148 cm³/mol. The van der Waals surface area contributed by atoms with E-state index >= 15 is 0 Å². The molecule has 4 rings (SSSR count). The number of benzene rings is 3. The number of carboxylic acids is 1. The topological polar surface area (TPSA) is 115 Å². The lowest BCUT2D eigenvalue weighted by atomic mass is 9.96. The molecule has 38 heavy (non-hydrogen) atoms. The average molecular weight is 577 g/mol. The summed E-state index contributed by atoms with van der Waals surface area (Å²) in [5.74, 6) is -1.86. The molecule has 0 saturated carbocycles. The maximum Gasteiger partial charge on any atom is 0.355 e. The number of rotatable bonds is 9. The van der Waals surface area contributed by atoms with Crippen molar-refractivity contribution in [2.45, 2.75) is 25.8 Å². The minimum absolute atomic E-state index is 0.0721. The summed E-state index contributed by atoms with van der Waals surface area (Å²) in [6.45, 7) is 0.0991. The van der Waals surface area contributed by atoms with Crippen molar-refractivity contribution in [1.29, 1.82) is 0 Å². The Hall–Kier alpha value is -4.24. The molecule has 0 aliphatic carbocycles. The van der Waals surface area contributed by atoms with Gasteiger partial charge in [-0.15, -0.1) is 0 Å². The van der Waals surface area contributed by atoms with Crippen molar-refractivity contribution in [3.05, 3.63) is 98.9 Å². The maximum absolute atomic E-state index is 13.7. The molecule has 0 saturated heterocycles. The fourth-order valence-electron chi connectivity index (χ4n) is 4.28. The van der Waals surface area contributed by atoms with E-state index < -0.39 is 11.9 Å². The van der Waals surface area contributed by atoms with Gasteiger partial charge >= 0.3 is 11.9 Å². The van der Waals surface area contributed by atoms with Gasteiger partial charge in [-0.3, -0.25) is 19.0 Å². The van der Waals surface area contributed by atoms with Crippen molar-refractivity contribution in [2.75, 3.05) is 12.4 Å². The van der Waals surface area contributed by atoms with Gasteiger partial charge in [0.2, 0.25) is 5.91 Å². The molecule has 2 N–H and O–H groups in total. The number of methoxy groups -OCH3 is 1. The zero-order valence-corrected chi connectivity index (χ0v) is 22.2. The van der Waals surface area contributed by atoms with Gasteiger partial charge in [0.1, 0.15) is 5.69 Å². The largest absolute Gasteiger partial charge is 0.481 e. The molecule has 1 amide bonds. The molecule has 0 bridgehead atoms. The van der Waals surface area contributed by atoms with E-state index in [0.29, 0.717) is 22.0 Å². The van der Waals surface area contributed by atoms with Gasteiger partial charge in [-0.05, 0) is 53.3 Å². The van der Waals surface area contributed by atoms with Crippen molar-refractivity contribution < 1.29 is 24.2 Å². The van der Waals surface area contributed by atoms with E-state index in [1.807, 2.05) is 36.4 Å². The summed E-state index contributed by atoms with van der Waals surface area (Å²) in [6.07, 6.45) is 0.277. The van der Waals surface area contributed by atoms with Gasteiger partial charge in [-0.25, -0.2) is 4.79 Å². The number of hydrogen-bond acceptors (Lipinski definition) is 5. The van der Waals surface area contributed by atoms with Crippen LogP contribution in [0, 0.1) is 0 Å². The number of amides is 1. The molecule has 8 nitrogen and oxygen atoms in total. The van der Waals surface area contributed by atoms with Gasteiger partial charge in [0.25, 0.3) is 5.56 Å².